The van der Waals surface area contributed by atoms with Gasteiger partial charge in [-0.15, -0.1) is 0 Å². The molecule has 6 heteroatoms. The predicted octanol–water partition coefficient (Wildman–Crippen LogP) is 4.59. The molecule has 0 nitrogen and oxygen atoms in total. The van der Waals surface area contributed by atoms with E-state index < -0.39 is 16.8 Å². The third-order valence-corrected chi connectivity index (χ3v) is 2.97. The Balaban J connectivity index is 3.07. The van der Waals surface area contributed by atoms with Crippen molar-refractivity contribution >= 4 is 31.9 Å². The standard InChI is InChI=1S/C8H4Br2F4/c9-5-1-4(2-6(11)3-5)7(10)8(12,13)14/h1-3,7H/t7-/m0/s1. The minimum absolute atomic E-state index is 0.163. The van der Waals surface area contributed by atoms with Crippen molar-refractivity contribution in [3.8, 4) is 0 Å². The van der Waals surface area contributed by atoms with Gasteiger partial charge in [-0.05, 0) is 23.8 Å². The minimum atomic E-state index is -4.42. The molecule has 0 amide bonds. The van der Waals surface area contributed by atoms with E-state index in [4.69, 9.17) is 0 Å². The molecule has 0 aliphatic carbocycles. The van der Waals surface area contributed by atoms with Crippen LogP contribution in [0.5, 0.6) is 0 Å². The van der Waals surface area contributed by atoms with Gasteiger partial charge < -0.3 is 0 Å². The SMILES string of the molecule is Fc1cc(Br)cc([C@H](Br)C(F)(F)F)c1. The topological polar surface area (TPSA) is 0 Å². The van der Waals surface area contributed by atoms with Gasteiger partial charge in [0, 0.05) is 4.47 Å². The van der Waals surface area contributed by atoms with Crippen molar-refractivity contribution in [1.82, 2.24) is 0 Å². The summed E-state index contributed by atoms with van der Waals surface area (Å²) in [5.74, 6) is -0.705. The fraction of sp³-hybridized carbons (Fsp3) is 0.250. The van der Waals surface area contributed by atoms with Crippen LogP contribution in [0.15, 0.2) is 22.7 Å². The lowest BCUT2D eigenvalue weighted by Crippen LogP contribution is -2.15. The fourth-order valence-corrected chi connectivity index (χ4v) is 1.66. The van der Waals surface area contributed by atoms with E-state index in [0.29, 0.717) is 0 Å². The molecule has 0 aliphatic rings. The van der Waals surface area contributed by atoms with Gasteiger partial charge >= 0.3 is 6.18 Å². The first-order chi connectivity index (χ1) is 6.30. The zero-order chi connectivity index (χ0) is 10.9. The first-order valence-electron chi connectivity index (χ1n) is 3.47. The van der Waals surface area contributed by atoms with E-state index in [1.54, 1.807) is 0 Å². The third kappa shape index (κ3) is 2.95. The highest BCUT2D eigenvalue weighted by atomic mass is 79.9. The van der Waals surface area contributed by atoms with Crippen LogP contribution < -0.4 is 0 Å². The third-order valence-electron chi connectivity index (χ3n) is 1.46. The van der Waals surface area contributed by atoms with Gasteiger partial charge in [0.2, 0.25) is 0 Å². The number of rotatable bonds is 1. The maximum absolute atomic E-state index is 12.8. The highest BCUT2D eigenvalue weighted by Gasteiger charge is 2.39. The lowest BCUT2D eigenvalue weighted by Gasteiger charge is -2.14. The average Bonchev–Trinajstić information content (AvgIpc) is 1.99. The van der Waals surface area contributed by atoms with E-state index >= 15 is 0 Å². The Bertz CT molecular complexity index is 314. The summed E-state index contributed by atoms with van der Waals surface area (Å²) in [6.45, 7) is 0. The van der Waals surface area contributed by atoms with E-state index in [9.17, 15) is 17.6 Å². The van der Waals surface area contributed by atoms with Gasteiger partial charge in [-0.25, -0.2) is 4.39 Å². The smallest absolute Gasteiger partial charge is 0.207 e. The van der Waals surface area contributed by atoms with E-state index in [1.807, 2.05) is 0 Å². The van der Waals surface area contributed by atoms with Crippen LogP contribution in [0.4, 0.5) is 17.6 Å². The second kappa shape index (κ2) is 4.18. The van der Waals surface area contributed by atoms with E-state index in [0.717, 1.165) is 12.1 Å². The van der Waals surface area contributed by atoms with Gasteiger partial charge in [-0.2, -0.15) is 13.2 Å². The normalized spacial score (nSPS) is 14.1. The van der Waals surface area contributed by atoms with E-state index in [1.165, 1.54) is 6.07 Å². The Hall–Kier alpha value is -0.100. The molecule has 0 aliphatic heterocycles. The lowest BCUT2D eigenvalue weighted by atomic mass is 10.1. The summed E-state index contributed by atoms with van der Waals surface area (Å²) in [4.78, 5) is -1.85. The molecular formula is C8H4Br2F4. The van der Waals surface area contributed by atoms with E-state index in [2.05, 4.69) is 31.9 Å². The molecule has 0 saturated heterocycles. The van der Waals surface area contributed by atoms with Crippen molar-refractivity contribution in [3.05, 3.63) is 34.1 Å². The van der Waals surface area contributed by atoms with Gasteiger partial charge in [0.15, 0.2) is 0 Å². The zero-order valence-corrected chi connectivity index (χ0v) is 9.75. The molecule has 14 heavy (non-hydrogen) atoms. The molecule has 78 valence electrons. The summed E-state index contributed by atoms with van der Waals surface area (Å²) in [6.07, 6.45) is -4.42. The van der Waals surface area contributed by atoms with Gasteiger partial charge in [0.25, 0.3) is 0 Å². The zero-order valence-electron chi connectivity index (χ0n) is 6.58. The van der Waals surface area contributed by atoms with E-state index in [-0.39, 0.29) is 10.0 Å². The summed E-state index contributed by atoms with van der Waals surface area (Å²) < 4.78 is 49.7. The van der Waals surface area contributed by atoms with Crippen LogP contribution in [0, 0.1) is 5.82 Å². The number of hydrogen-bond acceptors (Lipinski definition) is 0. The van der Waals surface area contributed by atoms with Gasteiger partial charge in [-0.3, -0.25) is 0 Å². The summed E-state index contributed by atoms with van der Waals surface area (Å²) >= 11 is 5.38. The summed E-state index contributed by atoms with van der Waals surface area (Å²) in [7, 11) is 0. The van der Waals surface area contributed by atoms with Crippen LogP contribution in [-0.4, -0.2) is 6.18 Å². The molecule has 0 radical (unpaired) electrons. The Morgan fingerprint density at radius 2 is 1.71 bits per heavy atom. The quantitative estimate of drug-likeness (QED) is 0.520. The van der Waals surface area contributed by atoms with Gasteiger partial charge in [0.1, 0.15) is 10.6 Å². The van der Waals surface area contributed by atoms with Crippen LogP contribution in [0.25, 0.3) is 0 Å². The fourth-order valence-electron chi connectivity index (χ4n) is 0.910. The number of alkyl halides is 4. The van der Waals surface area contributed by atoms with Crippen molar-refractivity contribution in [2.75, 3.05) is 0 Å². The van der Waals surface area contributed by atoms with Crippen LogP contribution >= 0.6 is 31.9 Å². The second-order valence-corrected chi connectivity index (χ2v) is 4.44. The first-order valence-corrected chi connectivity index (χ1v) is 5.18. The van der Waals surface area contributed by atoms with Gasteiger partial charge in [-0.1, -0.05) is 31.9 Å². The first kappa shape index (κ1) is 12.0. The van der Waals surface area contributed by atoms with Crippen molar-refractivity contribution in [1.29, 1.82) is 0 Å². The maximum atomic E-state index is 12.8. The van der Waals surface area contributed by atoms with Crippen molar-refractivity contribution in [2.24, 2.45) is 0 Å². The molecule has 0 saturated carbocycles. The number of halogens is 6. The second-order valence-electron chi connectivity index (χ2n) is 2.61. The Kier molecular flexibility index (Phi) is 3.58. The Morgan fingerprint density at radius 3 is 2.14 bits per heavy atom. The monoisotopic (exact) mass is 334 g/mol. The van der Waals surface area contributed by atoms with Crippen LogP contribution in [0.2, 0.25) is 0 Å². The average molecular weight is 336 g/mol. The largest absolute Gasteiger partial charge is 0.405 e. The van der Waals surface area contributed by atoms with Crippen molar-refractivity contribution in [2.45, 2.75) is 11.0 Å². The predicted molar refractivity (Wildman–Crippen MR) is 51.8 cm³/mol. The van der Waals surface area contributed by atoms with Crippen LogP contribution in [0.1, 0.15) is 10.4 Å². The summed E-state index contributed by atoms with van der Waals surface area (Å²) in [5, 5.41) is 0. The van der Waals surface area contributed by atoms with Crippen LogP contribution in [0.3, 0.4) is 0 Å². The molecule has 1 aromatic rings. The number of hydrogen-bond donors (Lipinski definition) is 0. The minimum Gasteiger partial charge on any atom is -0.207 e. The molecule has 0 spiro atoms. The highest BCUT2D eigenvalue weighted by Crippen LogP contribution is 2.40. The molecule has 0 fully saturated rings. The maximum Gasteiger partial charge on any atom is 0.405 e. The summed E-state index contributed by atoms with van der Waals surface area (Å²) in [6, 6.07) is 3.16. The molecule has 0 bridgehead atoms. The van der Waals surface area contributed by atoms with Crippen molar-refractivity contribution < 1.29 is 17.6 Å². The number of benzene rings is 1. The van der Waals surface area contributed by atoms with Gasteiger partial charge in [0.05, 0.1) is 0 Å². The van der Waals surface area contributed by atoms with Crippen molar-refractivity contribution in [3.63, 3.8) is 0 Å². The molecule has 0 N–H and O–H groups in total. The molecule has 1 atom stereocenters. The molecule has 1 aromatic carbocycles. The highest BCUT2D eigenvalue weighted by molar-refractivity contribution is 9.10. The molecule has 1 rings (SSSR count). The van der Waals surface area contributed by atoms with Crippen LogP contribution in [-0.2, 0) is 0 Å². The Morgan fingerprint density at radius 1 is 1.14 bits per heavy atom. The summed E-state index contributed by atoms with van der Waals surface area (Å²) in [5.41, 5.74) is -0.163. The molecule has 0 aromatic heterocycles. The Labute approximate surface area is 94.6 Å². The lowest BCUT2D eigenvalue weighted by molar-refractivity contribution is -0.128. The molecule has 0 heterocycles. The molecular weight excluding hydrogens is 332 g/mol. The molecule has 0 unspecified atom stereocenters.